The summed E-state index contributed by atoms with van der Waals surface area (Å²) >= 11 is 7.87. The molecule has 1 nitrogen and oxygen atoms in total. The van der Waals surface area contributed by atoms with Crippen LogP contribution in [0.25, 0.3) is 0 Å². The average molecular weight is 252 g/mol. The highest BCUT2D eigenvalue weighted by atomic mass is 35.5. The van der Waals surface area contributed by atoms with E-state index in [1.807, 2.05) is 19.1 Å². The summed E-state index contributed by atoms with van der Waals surface area (Å²) in [6.07, 6.45) is 0. The monoisotopic (exact) mass is 251 g/mol. The molecule has 2 N–H and O–H groups in total. The standard InChI is InChI=1S/C13H14ClNS/c1-8-5-3-4-6-10(8)12(15)13-11(14)9(2)7-16-13/h3-7,12H,15H2,1-2H3. The molecule has 2 rings (SSSR count). The molecule has 1 aromatic carbocycles. The Labute approximate surface area is 105 Å². The molecule has 1 aromatic heterocycles. The van der Waals surface area contributed by atoms with E-state index in [0.29, 0.717) is 0 Å². The smallest absolute Gasteiger partial charge is 0.0663 e. The number of nitrogens with two attached hydrogens (primary N) is 1. The molecule has 1 atom stereocenters. The van der Waals surface area contributed by atoms with E-state index in [4.69, 9.17) is 17.3 Å². The molecule has 0 radical (unpaired) electrons. The van der Waals surface area contributed by atoms with E-state index in [2.05, 4.69) is 24.4 Å². The summed E-state index contributed by atoms with van der Waals surface area (Å²) in [6, 6.07) is 8.05. The van der Waals surface area contributed by atoms with Crippen LogP contribution in [-0.2, 0) is 0 Å². The number of thiophene rings is 1. The molecular formula is C13H14ClNS. The normalized spacial score (nSPS) is 12.8. The van der Waals surface area contributed by atoms with Crippen LogP contribution >= 0.6 is 22.9 Å². The van der Waals surface area contributed by atoms with Gasteiger partial charge in [-0.25, -0.2) is 0 Å². The predicted octanol–water partition coefficient (Wildman–Crippen LogP) is 4.07. The zero-order chi connectivity index (χ0) is 11.7. The first-order valence-electron chi connectivity index (χ1n) is 5.16. The minimum atomic E-state index is -0.118. The van der Waals surface area contributed by atoms with Crippen molar-refractivity contribution in [1.82, 2.24) is 0 Å². The van der Waals surface area contributed by atoms with Crippen molar-refractivity contribution in [3.63, 3.8) is 0 Å². The number of rotatable bonds is 2. The van der Waals surface area contributed by atoms with Gasteiger partial charge in [0, 0.05) is 4.88 Å². The van der Waals surface area contributed by atoms with Crippen molar-refractivity contribution >= 4 is 22.9 Å². The fraction of sp³-hybridized carbons (Fsp3) is 0.231. The Bertz CT molecular complexity index is 504. The molecule has 0 aliphatic carbocycles. The van der Waals surface area contributed by atoms with Crippen LogP contribution in [-0.4, -0.2) is 0 Å². The van der Waals surface area contributed by atoms with Gasteiger partial charge in [-0.2, -0.15) is 0 Å². The molecule has 0 amide bonds. The summed E-state index contributed by atoms with van der Waals surface area (Å²) in [5, 5.41) is 2.86. The topological polar surface area (TPSA) is 26.0 Å². The van der Waals surface area contributed by atoms with Crippen molar-refractivity contribution in [2.75, 3.05) is 0 Å². The minimum Gasteiger partial charge on any atom is -0.320 e. The first-order valence-corrected chi connectivity index (χ1v) is 6.41. The van der Waals surface area contributed by atoms with Crippen LogP contribution in [0.5, 0.6) is 0 Å². The number of benzene rings is 1. The van der Waals surface area contributed by atoms with Crippen molar-refractivity contribution in [1.29, 1.82) is 0 Å². The van der Waals surface area contributed by atoms with Crippen molar-refractivity contribution in [3.8, 4) is 0 Å². The van der Waals surface area contributed by atoms with E-state index in [1.54, 1.807) is 11.3 Å². The molecule has 0 aliphatic rings. The number of halogens is 1. The van der Waals surface area contributed by atoms with E-state index in [1.165, 1.54) is 5.56 Å². The summed E-state index contributed by atoms with van der Waals surface area (Å²) in [7, 11) is 0. The quantitative estimate of drug-likeness (QED) is 0.856. The van der Waals surface area contributed by atoms with Crippen LogP contribution in [0.4, 0.5) is 0 Å². The van der Waals surface area contributed by atoms with Crippen molar-refractivity contribution in [3.05, 3.63) is 56.2 Å². The molecule has 84 valence electrons. The molecule has 0 bridgehead atoms. The lowest BCUT2D eigenvalue weighted by molar-refractivity contribution is 0.882. The maximum Gasteiger partial charge on any atom is 0.0663 e. The zero-order valence-electron chi connectivity index (χ0n) is 9.33. The SMILES string of the molecule is Cc1ccccc1C(N)c1scc(C)c1Cl. The second kappa shape index (κ2) is 4.58. The van der Waals surface area contributed by atoms with Crippen LogP contribution in [0, 0.1) is 13.8 Å². The Balaban J connectivity index is 2.43. The summed E-state index contributed by atoms with van der Waals surface area (Å²) in [4.78, 5) is 1.05. The van der Waals surface area contributed by atoms with Crippen molar-refractivity contribution in [2.24, 2.45) is 5.73 Å². The Morgan fingerprint density at radius 2 is 1.88 bits per heavy atom. The molecule has 2 aromatic rings. The van der Waals surface area contributed by atoms with E-state index in [0.717, 1.165) is 21.0 Å². The lowest BCUT2D eigenvalue weighted by atomic mass is 10.0. The molecule has 0 spiro atoms. The highest BCUT2D eigenvalue weighted by Gasteiger charge is 2.17. The first kappa shape index (κ1) is 11.6. The maximum absolute atomic E-state index is 6.26. The predicted molar refractivity (Wildman–Crippen MR) is 71.3 cm³/mol. The van der Waals surface area contributed by atoms with Gasteiger partial charge in [0.05, 0.1) is 11.1 Å². The van der Waals surface area contributed by atoms with E-state index >= 15 is 0 Å². The minimum absolute atomic E-state index is 0.118. The fourth-order valence-corrected chi connectivity index (χ4v) is 3.07. The molecule has 1 unspecified atom stereocenters. The Kier molecular flexibility index (Phi) is 3.33. The van der Waals surface area contributed by atoms with Gasteiger partial charge in [-0.1, -0.05) is 35.9 Å². The molecule has 3 heteroatoms. The van der Waals surface area contributed by atoms with Gasteiger partial charge >= 0.3 is 0 Å². The largest absolute Gasteiger partial charge is 0.320 e. The van der Waals surface area contributed by atoms with Gasteiger partial charge in [0.25, 0.3) is 0 Å². The van der Waals surface area contributed by atoms with E-state index in [9.17, 15) is 0 Å². The van der Waals surface area contributed by atoms with E-state index in [-0.39, 0.29) is 6.04 Å². The van der Waals surface area contributed by atoms with Gasteiger partial charge in [0.2, 0.25) is 0 Å². The number of hydrogen-bond acceptors (Lipinski definition) is 2. The summed E-state index contributed by atoms with van der Waals surface area (Å²) < 4.78 is 0. The van der Waals surface area contributed by atoms with Crippen LogP contribution in [0.1, 0.15) is 27.6 Å². The molecule has 0 fully saturated rings. The summed E-state index contributed by atoms with van der Waals surface area (Å²) in [5.41, 5.74) is 9.71. The van der Waals surface area contributed by atoms with Gasteiger partial charge < -0.3 is 5.73 Å². The van der Waals surface area contributed by atoms with Gasteiger partial charge in [-0.3, -0.25) is 0 Å². The zero-order valence-corrected chi connectivity index (χ0v) is 10.9. The van der Waals surface area contributed by atoms with Crippen LogP contribution in [0.3, 0.4) is 0 Å². The molecule has 1 heterocycles. The maximum atomic E-state index is 6.26. The Morgan fingerprint density at radius 1 is 1.19 bits per heavy atom. The molecule has 0 saturated heterocycles. The number of aryl methyl sites for hydroxylation is 2. The van der Waals surface area contributed by atoms with Crippen molar-refractivity contribution in [2.45, 2.75) is 19.9 Å². The fourth-order valence-electron chi connectivity index (χ4n) is 1.74. The van der Waals surface area contributed by atoms with Crippen LogP contribution < -0.4 is 5.73 Å². The van der Waals surface area contributed by atoms with Gasteiger partial charge in [0.1, 0.15) is 0 Å². The third-order valence-corrected chi connectivity index (χ3v) is 4.53. The van der Waals surface area contributed by atoms with Gasteiger partial charge in [0.15, 0.2) is 0 Å². The first-order chi connectivity index (χ1) is 7.61. The molecular weight excluding hydrogens is 238 g/mol. The van der Waals surface area contributed by atoms with Gasteiger partial charge in [-0.15, -0.1) is 11.3 Å². The third kappa shape index (κ3) is 2.01. The Morgan fingerprint density at radius 3 is 2.44 bits per heavy atom. The summed E-state index contributed by atoms with van der Waals surface area (Å²) in [5.74, 6) is 0. The lowest BCUT2D eigenvalue weighted by Crippen LogP contribution is -2.12. The number of hydrogen-bond donors (Lipinski definition) is 1. The molecule has 0 aliphatic heterocycles. The Hall–Kier alpha value is -0.830. The van der Waals surface area contributed by atoms with E-state index < -0.39 is 0 Å². The third-order valence-electron chi connectivity index (χ3n) is 2.73. The average Bonchev–Trinajstić information content (AvgIpc) is 2.60. The van der Waals surface area contributed by atoms with Gasteiger partial charge in [-0.05, 0) is 35.9 Å². The molecule has 16 heavy (non-hydrogen) atoms. The summed E-state index contributed by atoms with van der Waals surface area (Å²) in [6.45, 7) is 4.08. The second-order valence-corrected chi connectivity index (χ2v) is 5.22. The van der Waals surface area contributed by atoms with Crippen molar-refractivity contribution < 1.29 is 0 Å². The lowest BCUT2D eigenvalue weighted by Gasteiger charge is -2.13. The highest BCUT2D eigenvalue weighted by Crippen LogP contribution is 2.35. The highest BCUT2D eigenvalue weighted by molar-refractivity contribution is 7.10. The van der Waals surface area contributed by atoms with Crippen LogP contribution in [0.15, 0.2) is 29.6 Å². The second-order valence-electron chi connectivity index (χ2n) is 3.93. The molecule has 0 saturated carbocycles. The van der Waals surface area contributed by atoms with Crippen LogP contribution in [0.2, 0.25) is 5.02 Å².